The zero-order valence-electron chi connectivity index (χ0n) is 18.3. The summed E-state index contributed by atoms with van der Waals surface area (Å²) in [5.74, 6) is 0.257. The first-order valence-corrected chi connectivity index (χ1v) is 10.5. The number of carbonyl (C=O) groups excluding carboxylic acids is 1. The van der Waals surface area contributed by atoms with Gasteiger partial charge in [0.1, 0.15) is 11.4 Å². The Balaban J connectivity index is 1.59. The van der Waals surface area contributed by atoms with Crippen LogP contribution in [-0.2, 0) is 0 Å². The third-order valence-electron chi connectivity index (χ3n) is 4.60. The maximum Gasteiger partial charge on any atom is 0.294 e. The summed E-state index contributed by atoms with van der Waals surface area (Å²) in [6.07, 6.45) is 5.93. The second kappa shape index (κ2) is 10.7. The number of anilines is 1. The lowest BCUT2D eigenvalue weighted by atomic mass is 10.1. The fourth-order valence-corrected chi connectivity index (χ4v) is 3.02. The van der Waals surface area contributed by atoms with Crippen LogP contribution in [0.15, 0.2) is 70.4 Å². The lowest BCUT2D eigenvalue weighted by Crippen LogP contribution is -2.19. The fourth-order valence-electron chi connectivity index (χ4n) is 3.02. The molecule has 34 heavy (non-hydrogen) atoms. The molecule has 0 spiro atoms. The second-order valence-electron chi connectivity index (χ2n) is 7.03. The minimum Gasteiger partial charge on any atom is -0.494 e. The van der Waals surface area contributed by atoms with Crippen molar-refractivity contribution in [2.75, 3.05) is 12.3 Å². The van der Waals surface area contributed by atoms with Crippen molar-refractivity contribution >= 4 is 24.0 Å². The number of aromatic nitrogens is 5. The number of benzene rings is 2. The summed E-state index contributed by atoms with van der Waals surface area (Å²) < 4.78 is 11.6. The summed E-state index contributed by atoms with van der Waals surface area (Å²) in [4.78, 5) is 12.9. The summed E-state index contributed by atoms with van der Waals surface area (Å²) in [6.45, 7) is 2.63. The molecule has 0 aliphatic heterocycles. The monoisotopic (exact) mass is 458 g/mol. The fraction of sp³-hybridized carbons (Fsp3) is 0.130. The number of rotatable bonds is 9. The van der Waals surface area contributed by atoms with E-state index in [4.69, 9.17) is 10.5 Å². The number of nitrogen functional groups attached to an aromatic ring is 1. The Morgan fingerprint density at radius 3 is 2.68 bits per heavy atom. The molecule has 4 rings (SSSR count). The van der Waals surface area contributed by atoms with Gasteiger partial charge in [0, 0.05) is 11.8 Å². The number of nitrogens with zero attached hydrogens (tertiary/aromatic N) is 6. The van der Waals surface area contributed by atoms with E-state index >= 15 is 0 Å². The Morgan fingerprint density at radius 1 is 1.18 bits per heavy atom. The molecule has 11 nitrogen and oxygen atoms in total. The van der Waals surface area contributed by atoms with E-state index < -0.39 is 5.91 Å². The van der Waals surface area contributed by atoms with Crippen LogP contribution in [0.25, 0.3) is 23.2 Å². The number of nitrogens with one attached hydrogen (secondary N) is 1. The van der Waals surface area contributed by atoms with Gasteiger partial charge in [-0.05, 0) is 52.6 Å². The molecule has 0 saturated heterocycles. The summed E-state index contributed by atoms with van der Waals surface area (Å²) in [5, 5.41) is 19.4. The molecule has 1 amide bonds. The van der Waals surface area contributed by atoms with Gasteiger partial charge in [0.2, 0.25) is 11.6 Å². The molecule has 0 radical (unpaired) electrons. The molecule has 0 aliphatic rings. The highest BCUT2D eigenvalue weighted by Crippen LogP contribution is 2.28. The van der Waals surface area contributed by atoms with Crippen molar-refractivity contribution in [1.82, 2.24) is 30.7 Å². The molecule has 2 aromatic carbocycles. The molecule has 4 aromatic rings. The van der Waals surface area contributed by atoms with Crippen LogP contribution in [0.5, 0.6) is 5.75 Å². The highest BCUT2D eigenvalue weighted by molar-refractivity contribution is 5.98. The molecule has 172 valence electrons. The Kier molecular flexibility index (Phi) is 7.03. The van der Waals surface area contributed by atoms with Crippen LogP contribution >= 0.6 is 0 Å². The molecule has 0 aliphatic carbocycles. The quantitative estimate of drug-likeness (QED) is 0.287. The van der Waals surface area contributed by atoms with Gasteiger partial charge in [-0.15, -0.1) is 5.10 Å². The zero-order chi connectivity index (χ0) is 23.8. The van der Waals surface area contributed by atoms with Crippen LogP contribution in [0.2, 0.25) is 0 Å². The van der Waals surface area contributed by atoms with Crippen LogP contribution in [-0.4, -0.2) is 44.0 Å². The normalized spacial score (nSPS) is 11.3. The van der Waals surface area contributed by atoms with Crippen LogP contribution in [0.1, 0.15) is 29.4 Å². The van der Waals surface area contributed by atoms with Gasteiger partial charge in [-0.3, -0.25) is 4.79 Å². The highest BCUT2D eigenvalue weighted by Gasteiger charge is 2.25. The third-order valence-corrected chi connectivity index (χ3v) is 4.60. The van der Waals surface area contributed by atoms with E-state index in [-0.39, 0.29) is 17.3 Å². The van der Waals surface area contributed by atoms with E-state index in [1.165, 1.54) is 10.9 Å². The zero-order valence-corrected chi connectivity index (χ0v) is 18.3. The van der Waals surface area contributed by atoms with E-state index in [2.05, 4.69) is 35.8 Å². The first-order valence-electron chi connectivity index (χ1n) is 10.5. The predicted octanol–water partition coefficient (Wildman–Crippen LogP) is 3.12. The standard InChI is InChI=1S/C23H22N8O3/c1-2-15-33-18-12-10-17(11-13-18)20-19(26-30-31(20)22-21(24)28-34-29-22)23(32)27-25-14-6-9-16-7-4-3-5-8-16/h3-14H,2,15H2,1H3,(H2,24,28)(H,27,32)/b9-6+,25-14+. The first-order chi connectivity index (χ1) is 16.7. The molecular weight excluding hydrogens is 436 g/mol. The van der Waals surface area contributed by atoms with Gasteiger partial charge in [-0.2, -0.15) is 9.78 Å². The molecule has 11 heteroatoms. The number of nitrogens with two attached hydrogens (primary N) is 1. The average molecular weight is 458 g/mol. The van der Waals surface area contributed by atoms with Crippen molar-refractivity contribution in [3.63, 3.8) is 0 Å². The first kappa shape index (κ1) is 22.4. The van der Waals surface area contributed by atoms with Crippen molar-refractivity contribution in [3.05, 3.63) is 71.9 Å². The van der Waals surface area contributed by atoms with Crippen molar-refractivity contribution in [2.24, 2.45) is 5.10 Å². The minimum absolute atomic E-state index is 0.00470. The maximum atomic E-state index is 12.9. The molecule has 3 N–H and O–H groups in total. The van der Waals surface area contributed by atoms with Gasteiger partial charge in [-0.25, -0.2) is 10.1 Å². The molecule has 2 aromatic heterocycles. The van der Waals surface area contributed by atoms with E-state index in [9.17, 15) is 4.79 Å². The van der Waals surface area contributed by atoms with Crippen LogP contribution < -0.4 is 15.9 Å². The van der Waals surface area contributed by atoms with Gasteiger partial charge >= 0.3 is 0 Å². The number of allylic oxidation sites excluding steroid dienone is 1. The van der Waals surface area contributed by atoms with E-state index in [1.807, 2.05) is 43.3 Å². The Hall–Kier alpha value is -4.80. The van der Waals surface area contributed by atoms with E-state index in [0.29, 0.717) is 23.6 Å². The molecule has 0 fully saturated rings. The summed E-state index contributed by atoms with van der Waals surface area (Å²) >= 11 is 0. The van der Waals surface area contributed by atoms with Gasteiger partial charge in [-0.1, -0.05) is 48.5 Å². The summed E-state index contributed by atoms with van der Waals surface area (Å²) in [7, 11) is 0. The van der Waals surface area contributed by atoms with Crippen LogP contribution in [0.4, 0.5) is 5.82 Å². The van der Waals surface area contributed by atoms with Gasteiger partial charge < -0.3 is 10.5 Å². The van der Waals surface area contributed by atoms with Crippen LogP contribution in [0, 0.1) is 0 Å². The van der Waals surface area contributed by atoms with Gasteiger partial charge in [0.15, 0.2) is 5.69 Å². The van der Waals surface area contributed by atoms with E-state index in [1.54, 1.807) is 30.3 Å². The Labute approximate surface area is 194 Å². The topological polar surface area (TPSA) is 146 Å². The largest absolute Gasteiger partial charge is 0.494 e. The smallest absolute Gasteiger partial charge is 0.294 e. The van der Waals surface area contributed by atoms with Crippen LogP contribution in [0.3, 0.4) is 0 Å². The predicted molar refractivity (Wildman–Crippen MR) is 126 cm³/mol. The molecule has 2 heterocycles. The molecule has 0 atom stereocenters. The number of hydrazone groups is 1. The molecule has 0 saturated carbocycles. The average Bonchev–Trinajstić information content (AvgIpc) is 3.49. The minimum atomic E-state index is -0.563. The second-order valence-corrected chi connectivity index (χ2v) is 7.03. The molecular formula is C23H22N8O3. The number of hydrogen-bond acceptors (Lipinski definition) is 9. The lowest BCUT2D eigenvalue weighted by molar-refractivity contribution is 0.0950. The number of ether oxygens (including phenoxy) is 1. The van der Waals surface area contributed by atoms with E-state index in [0.717, 1.165) is 12.0 Å². The number of hydrogen-bond donors (Lipinski definition) is 2. The molecule has 0 bridgehead atoms. The molecule has 0 unspecified atom stereocenters. The Bertz CT molecular complexity index is 1290. The van der Waals surface area contributed by atoms with Crippen molar-refractivity contribution in [1.29, 1.82) is 0 Å². The number of carbonyl (C=O) groups is 1. The van der Waals surface area contributed by atoms with Gasteiger partial charge in [0.05, 0.1) is 6.61 Å². The van der Waals surface area contributed by atoms with Crippen molar-refractivity contribution in [3.8, 4) is 22.8 Å². The lowest BCUT2D eigenvalue weighted by Gasteiger charge is -2.08. The number of amides is 1. The van der Waals surface area contributed by atoms with Crippen molar-refractivity contribution < 1.29 is 14.2 Å². The Morgan fingerprint density at radius 2 is 1.97 bits per heavy atom. The maximum absolute atomic E-state index is 12.9. The summed E-state index contributed by atoms with van der Waals surface area (Å²) in [5.41, 5.74) is 10.3. The summed E-state index contributed by atoms with van der Waals surface area (Å²) in [6, 6.07) is 16.9. The highest BCUT2D eigenvalue weighted by atomic mass is 16.6. The third kappa shape index (κ3) is 5.15. The van der Waals surface area contributed by atoms with Gasteiger partial charge in [0.25, 0.3) is 5.91 Å². The van der Waals surface area contributed by atoms with Crippen molar-refractivity contribution in [2.45, 2.75) is 13.3 Å². The SMILES string of the molecule is CCCOc1ccc(-c2c(C(=O)N/N=C/C=C/c3ccccc3)nnn2-c2nonc2N)cc1.